The Bertz CT molecular complexity index is 561. The molecule has 1 unspecified atom stereocenters. The van der Waals surface area contributed by atoms with Crippen molar-refractivity contribution in [2.75, 3.05) is 0 Å². The molecule has 1 aromatic heterocycles. The SMILES string of the molecule is CC(=O)OC1C=C(C)Cc2occ(C)c2CC=C(C)C1. The van der Waals surface area contributed by atoms with Crippen molar-refractivity contribution in [3.05, 3.63) is 46.4 Å². The summed E-state index contributed by atoms with van der Waals surface area (Å²) in [4.78, 5) is 11.2. The highest BCUT2D eigenvalue weighted by Gasteiger charge is 2.16. The molecule has 0 aromatic carbocycles. The Morgan fingerprint density at radius 2 is 2.05 bits per heavy atom. The third-order valence-corrected chi connectivity index (χ3v) is 3.60. The zero-order chi connectivity index (χ0) is 14.7. The Morgan fingerprint density at radius 1 is 1.30 bits per heavy atom. The minimum Gasteiger partial charge on any atom is -0.468 e. The Labute approximate surface area is 120 Å². The molecule has 0 aliphatic heterocycles. The molecule has 2 rings (SSSR count). The van der Waals surface area contributed by atoms with Crippen molar-refractivity contribution in [3.8, 4) is 0 Å². The van der Waals surface area contributed by atoms with Gasteiger partial charge in [0.2, 0.25) is 0 Å². The van der Waals surface area contributed by atoms with Gasteiger partial charge in [0.25, 0.3) is 0 Å². The minimum atomic E-state index is -0.238. The summed E-state index contributed by atoms with van der Waals surface area (Å²) in [6.07, 6.45) is 8.28. The Morgan fingerprint density at radius 3 is 2.75 bits per heavy atom. The van der Waals surface area contributed by atoms with Gasteiger partial charge in [-0.25, -0.2) is 0 Å². The van der Waals surface area contributed by atoms with E-state index in [1.165, 1.54) is 29.2 Å². The number of ether oxygens (including phenoxy) is 1. The molecule has 1 aliphatic carbocycles. The number of allylic oxidation sites excluding steroid dienone is 2. The lowest BCUT2D eigenvalue weighted by Crippen LogP contribution is -2.15. The molecule has 0 N–H and O–H groups in total. The Balaban J connectivity index is 2.33. The van der Waals surface area contributed by atoms with Crippen molar-refractivity contribution in [3.63, 3.8) is 0 Å². The molecule has 108 valence electrons. The molecule has 0 saturated heterocycles. The van der Waals surface area contributed by atoms with Gasteiger partial charge in [-0.1, -0.05) is 17.2 Å². The number of hydrogen-bond acceptors (Lipinski definition) is 3. The number of esters is 1. The maximum atomic E-state index is 11.2. The van der Waals surface area contributed by atoms with Gasteiger partial charge in [-0.05, 0) is 38.8 Å². The number of furan rings is 1. The van der Waals surface area contributed by atoms with Crippen LogP contribution in [0.4, 0.5) is 0 Å². The minimum absolute atomic E-state index is 0.179. The predicted octanol–water partition coefficient (Wildman–Crippen LogP) is 3.90. The van der Waals surface area contributed by atoms with Crippen molar-refractivity contribution in [2.24, 2.45) is 0 Å². The first kappa shape index (κ1) is 14.6. The third kappa shape index (κ3) is 3.62. The second-order valence-electron chi connectivity index (χ2n) is 5.62. The average molecular weight is 274 g/mol. The lowest BCUT2D eigenvalue weighted by Gasteiger charge is -2.16. The Kier molecular flexibility index (Phi) is 4.48. The van der Waals surface area contributed by atoms with Crippen LogP contribution in [-0.4, -0.2) is 12.1 Å². The third-order valence-electron chi connectivity index (χ3n) is 3.60. The van der Waals surface area contributed by atoms with Gasteiger partial charge in [0.15, 0.2) is 0 Å². The number of aryl methyl sites for hydroxylation is 1. The van der Waals surface area contributed by atoms with Gasteiger partial charge in [0.05, 0.1) is 6.26 Å². The number of rotatable bonds is 1. The second kappa shape index (κ2) is 6.12. The fraction of sp³-hybridized carbons (Fsp3) is 0.471. The van der Waals surface area contributed by atoms with Crippen LogP contribution >= 0.6 is 0 Å². The van der Waals surface area contributed by atoms with E-state index in [2.05, 4.69) is 26.8 Å². The topological polar surface area (TPSA) is 39.4 Å². The summed E-state index contributed by atoms with van der Waals surface area (Å²) in [5, 5.41) is 0. The maximum Gasteiger partial charge on any atom is 0.303 e. The highest BCUT2D eigenvalue weighted by Crippen LogP contribution is 2.24. The van der Waals surface area contributed by atoms with E-state index in [0.29, 0.717) is 0 Å². The van der Waals surface area contributed by atoms with E-state index >= 15 is 0 Å². The van der Waals surface area contributed by atoms with Crippen molar-refractivity contribution in [1.82, 2.24) is 0 Å². The largest absolute Gasteiger partial charge is 0.468 e. The second-order valence-corrected chi connectivity index (χ2v) is 5.62. The van der Waals surface area contributed by atoms with Crippen molar-refractivity contribution in [2.45, 2.75) is 53.1 Å². The van der Waals surface area contributed by atoms with Crippen LogP contribution in [0.25, 0.3) is 0 Å². The van der Waals surface area contributed by atoms with Gasteiger partial charge in [-0.2, -0.15) is 0 Å². The summed E-state index contributed by atoms with van der Waals surface area (Å²) in [6, 6.07) is 0. The first-order valence-corrected chi connectivity index (χ1v) is 7.01. The number of fused-ring (bicyclic) bond motifs is 1. The van der Waals surface area contributed by atoms with E-state index in [9.17, 15) is 4.79 Å². The quantitative estimate of drug-likeness (QED) is 0.576. The van der Waals surface area contributed by atoms with Crippen LogP contribution in [0, 0.1) is 6.92 Å². The molecule has 0 bridgehead atoms. The van der Waals surface area contributed by atoms with Gasteiger partial charge in [0.1, 0.15) is 11.9 Å². The molecule has 1 aromatic rings. The molecule has 0 saturated carbocycles. The molecule has 0 amide bonds. The van der Waals surface area contributed by atoms with E-state index in [4.69, 9.17) is 9.15 Å². The van der Waals surface area contributed by atoms with E-state index in [1.54, 1.807) is 0 Å². The molecular formula is C17H22O3. The summed E-state index contributed by atoms with van der Waals surface area (Å²) in [5.74, 6) is 0.780. The number of carbonyl (C=O) groups excluding carboxylic acids is 1. The van der Waals surface area contributed by atoms with Crippen LogP contribution in [0.15, 0.2) is 34.0 Å². The molecule has 0 spiro atoms. The summed E-state index contributed by atoms with van der Waals surface area (Å²) < 4.78 is 11.0. The lowest BCUT2D eigenvalue weighted by atomic mass is 9.97. The normalized spacial score (nSPS) is 19.7. The van der Waals surface area contributed by atoms with Crippen LogP contribution in [0.3, 0.4) is 0 Å². The standard InChI is InChI=1S/C17H22O3/c1-11-5-6-16-13(3)10-19-17(16)9-12(2)8-15(7-11)20-14(4)18/h5,8,10,15H,6-7,9H2,1-4H3. The summed E-state index contributed by atoms with van der Waals surface area (Å²) in [5.41, 5.74) is 4.88. The molecule has 20 heavy (non-hydrogen) atoms. The highest BCUT2D eigenvalue weighted by atomic mass is 16.5. The fourth-order valence-electron chi connectivity index (χ4n) is 2.60. The molecule has 3 nitrogen and oxygen atoms in total. The summed E-state index contributed by atoms with van der Waals surface area (Å²) >= 11 is 0. The first-order valence-electron chi connectivity index (χ1n) is 7.01. The molecule has 1 aliphatic rings. The smallest absolute Gasteiger partial charge is 0.303 e. The molecule has 0 radical (unpaired) electrons. The van der Waals surface area contributed by atoms with Gasteiger partial charge < -0.3 is 9.15 Å². The fourth-order valence-corrected chi connectivity index (χ4v) is 2.60. The first-order chi connectivity index (χ1) is 9.45. The van der Waals surface area contributed by atoms with E-state index in [0.717, 1.165) is 25.0 Å². The van der Waals surface area contributed by atoms with Gasteiger partial charge >= 0.3 is 5.97 Å². The predicted molar refractivity (Wildman–Crippen MR) is 78.5 cm³/mol. The lowest BCUT2D eigenvalue weighted by molar-refractivity contribution is -0.144. The van der Waals surface area contributed by atoms with E-state index < -0.39 is 0 Å². The molecule has 1 atom stereocenters. The maximum absolute atomic E-state index is 11.2. The van der Waals surface area contributed by atoms with Crippen LogP contribution < -0.4 is 0 Å². The van der Waals surface area contributed by atoms with E-state index in [-0.39, 0.29) is 12.1 Å². The highest BCUT2D eigenvalue weighted by molar-refractivity contribution is 5.66. The number of carbonyl (C=O) groups is 1. The monoisotopic (exact) mass is 274 g/mol. The van der Waals surface area contributed by atoms with Crippen molar-refractivity contribution >= 4 is 5.97 Å². The zero-order valence-corrected chi connectivity index (χ0v) is 12.7. The molecular weight excluding hydrogens is 252 g/mol. The average Bonchev–Trinajstić information content (AvgIpc) is 2.66. The van der Waals surface area contributed by atoms with Gasteiger partial charge in [0, 0.05) is 25.3 Å². The zero-order valence-electron chi connectivity index (χ0n) is 12.7. The number of hydrogen-bond donors (Lipinski definition) is 0. The van der Waals surface area contributed by atoms with Crippen LogP contribution in [0.5, 0.6) is 0 Å². The van der Waals surface area contributed by atoms with Crippen LogP contribution in [-0.2, 0) is 22.4 Å². The van der Waals surface area contributed by atoms with Crippen molar-refractivity contribution in [1.29, 1.82) is 0 Å². The summed E-state index contributed by atoms with van der Waals surface area (Å²) in [6.45, 7) is 7.67. The van der Waals surface area contributed by atoms with Gasteiger partial charge in [-0.15, -0.1) is 0 Å². The molecule has 0 fully saturated rings. The van der Waals surface area contributed by atoms with Gasteiger partial charge in [-0.3, -0.25) is 4.79 Å². The summed E-state index contributed by atoms with van der Waals surface area (Å²) in [7, 11) is 0. The van der Waals surface area contributed by atoms with E-state index in [1.807, 2.05) is 12.3 Å². The van der Waals surface area contributed by atoms with Crippen LogP contribution in [0.2, 0.25) is 0 Å². The molecule has 1 heterocycles. The van der Waals surface area contributed by atoms with Crippen molar-refractivity contribution < 1.29 is 13.9 Å². The molecule has 3 heteroatoms. The van der Waals surface area contributed by atoms with Crippen LogP contribution in [0.1, 0.15) is 44.1 Å². The Hall–Kier alpha value is -1.77.